The molecule has 21 heavy (non-hydrogen) atoms. The van der Waals surface area contributed by atoms with Gasteiger partial charge >= 0.3 is 6.03 Å². The zero-order valence-electron chi connectivity index (χ0n) is 14.3. The van der Waals surface area contributed by atoms with Gasteiger partial charge in [-0.3, -0.25) is 4.79 Å². The van der Waals surface area contributed by atoms with Crippen LogP contribution in [0.25, 0.3) is 0 Å². The fourth-order valence-corrected chi connectivity index (χ4v) is 2.37. The normalized spacial score (nSPS) is 17.2. The van der Waals surface area contributed by atoms with Gasteiger partial charge in [-0.15, -0.1) is 0 Å². The van der Waals surface area contributed by atoms with Crippen LogP contribution >= 0.6 is 0 Å². The van der Waals surface area contributed by atoms with Crippen LogP contribution in [-0.2, 0) is 4.79 Å². The Morgan fingerprint density at radius 2 is 1.62 bits per heavy atom. The maximum atomic E-state index is 12.6. The summed E-state index contributed by atoms with van der Waals surface area (Å²) in [4.78, 5) is 26.2. The molecular formula is C16H31N3O2. The molecule has 0 aliphatic carbocycles. The Bertz CT molecular complexity index is 370. The van der Waals surface area contributed by atoms with Gasteiger partial charge in [0.2, 0.25) is 5.91 Å². The van der Waals surface area contributed by atoms with E-state index in [0.29, 0.717) is 5.92 Å². The number of hydrogen-bond acceptors (Lipinski definition) is 2. The molecule has 1 fully saturated rings. The lowest BCUT2D eigenvalue weighted by molar-refractivity contribution is -0.143. The van der Waals surface area contributed by atoms with Crippen LogP contribution in [0.2, 0.25) is 0 Å². The molecule has 0 spiro atoms. The number of piperidine rings is 1. The second kappa shape index (κ2) is 7.14. The first-order valence-electron chi connectivity index (χ1n) is 8.01. The van der Waals surface area contributed by atoms with Crippen molar-refractivity contribution >= 4 is 11.9 Å². The van der Waals surface area contributed by atoms with Crippen LogP contribution in [0.5, 0.6) is 0 Å². The van der Waals surface area contributed by atoms with E-state index in [-0.39, 0.29) is 29.4 Å². The Kier molecular flexibility index (Phi) is 6.05. The highest BCUT2D eigenvalue weighted by Crippen LogP contribution is 2.29. The van der Waals surface area contributed by atoms with E-state index in [1.54, 1.807) is 0 Å². The second-order valence-corrected chi connectivity index (χ2v) is 7.22. The third kappa shape index (κ3) is 4.90. The molecule has 0 bridgehead atoms. The summed E-state index contributed by atoms with van der Waals surface area (Å²) in [5.41, 5.74) is -0.324. The van der Waals surface area contributed by atoms with Gasteiger partial charge in [-0.2, -0.15) is 0 Å². The molecule has 1 rings (SSSR count). The molecule has 0 atom stereocenters. The first-order chi connectivity index (χ1) is 9.64. The summed E-state index contributed by atoms with van der Waals surface area (Å²) in [6.45, 7) is 13.5. The Morgan fingerprint density at radius 3 is 2.05 bits per heavy atom. The van der Waals surface area contributed by atoms with Gasteiger partial charge in [0.25, 0.3) is 0 Å². The molecular weight excluding hydrogens is 266 g/mol. The summed E-state index contributed by atoms with van der Waals surface area (Å²) in [5, 5.41) is 5.82. The summed E-state index contributed by atoms with van der Waals surface area (Å²) < 4.78 is 0. The average molecular weight is 297 g/mol. The van der Waals surface area contributed by atoms with Crippen LogP contribution in [-0.4, -0.2) is 42.0 Å². The number of carbonyl (C=O) groups is 2. The SMILES string of the molecule is CC(C)NC(=O)NC1CCN(C(=O)C(C)(C)C(C)C)CC1. The van der Waals surface area contributed by atoms with Gasteiger partial charge in [-0.05, 0) is 32.6 Å². The van der Waals surface area contributed by atoms with E-state index in [1.807, 2.05) is 32.6 Å². The predicted octanol–water partition coefficient (Wildman–Crippen LogP) is 2.37. The zero-order chi connectivity index (χ0) is 16.2. The van der Waals surface area contributed by atoms with Crippen molar-refractivity contribution in [2.75, 3.05) is 13.1 Å². The van der Waals surface area contributed by atoms with Gasteiger partial charge in [0, 0.05) is 30.6 Å². The minimum atomic E-state index is -0.324. The van der Waals surface area contributed by atoms with Crippen molar-refractivity contribution in [1.82, 2.24) is 15.5 Å². The lowest BCUT2D eigenvalue weighted by Crippen LogP contribution is -2.52. The molecule has 1 aliphatic rings. The molecule has 0 unspecified atom stereocenters. The number of likely N-dealkylation sites (tertiary alicyclic amines) is 1. The maximum absolute atomic E-state index is 12.6. The van der Waals surface area contributed by atoms with E-state index in [0.717, 1.165) is 25.9 Å². The quantitative estimate of drug-likeness (QED) is 0.837. The molecule has 5 nitrogen and oxygen atoms in total. The minimum absolute atomic E-state index is 0.114. The van der Waals surface area contributed by atoms with Crippen molar-refractivity contribution in [1.29, 1.82) is 0 Å². The van der Waals surface area contributed by atoms with Gasteiger partial charge in [0.1, 0.15) is 0 Å². The first-order valence-corrected chi connectivity index (χ1v) is 8.01. The number of carbonyl (C=O) groups excluding carboxylic acids is 2. The van der Waals surface area contributed by atoms with E-state index < -0.39 is 0 Å². The van der Waals surface area contributed by atoms with Gasteiger partial charge in [-0.25, -0.2) is 4.79 Å². The smallest absolute Gasteiger partial charge is 0.315 e. The van der Waals surface area contributed by atoms with Gasteiger partial charge in [0.15, 0.2) is 0 Å². The standard InChI is InChI=1S/C16H31N3O2/c1-11(2)16(5,6)14(20)19-9-7-13(8-10-19)18-15(21)17-12(3)4/h11-13H,7-10H2,1-6H3,(H2,17,18,21). The van der Waals surface area contributed by atoms with Crippen molar-refractivity contribution in [3.63, 3.8) is 0 Å². The highest BCUT2D eigenvalue weighted by molar-refractivity contribution is 5.82. The Labute approximate surface area is 128 Å². The van der Waals surface area contributed by atoms with Crippen molar-refractivity contribution in [3.05, 3.63) is 0 Å². The average Bonchev–Trinajstić information content (AvgIpc) is 2.37. The van der Waals surface area contributed by atoms with Crippen molar-refractivity contribution in [2.24, 2.45) is 11.3 Å². The van der Waals surface area contributed by atoms with E-state index >= 15 is 0 Å². The summed E-state index contributed by atoms with van der Waals surface area (Å²) in [5.74, 6) is 0.542. The van der Waals surface area contributed by atoms with E-state index in [2.05, 4.69) is 24.5 Å². The number of nitrogens with zero attached hydrogens (tertiary/aromatic N) is 1. The molecule has 0 aromatic rings. The fourth-order valence-electron chi connectivity index (χ4n) is 2.37. The van der Waals surface area contributed by atoms with E-state index in [4.69, 9.17) is 0 Å². The number of nitrogens with one attached hydrogen (secondary N) is 2. The van der Waals surface area contributed by atoms with Crippen LogP contribution in [0, 0.1) is 11.3 Å². The fraction of sp³-hybridized carbons (Fsp3) is 0.875. The van der Waals surface area contributed by atoms with Crippen LogP contribution in [0.3, 0.4) is 0 Å². The summed E-state index contributed by atoms with van der Waals surface area (Å²) in [6.07, 6.45) is 1.65. The Morgan fingerprint density at radius 1 is 1.10 bits per heavy atom. The second-order valence-electron chi connectivity index (χ2n) is 7.22. The zero-order valence-corrected chi connectivity index (χ0v) is 14.3. The topological polar surface area (TPSA) is 61.4 Å². The Balaban J connectivity index is 2.45. The van der Waals surface area contributed by atoms with E-state index in [9.17, 15) is 9.59 Å². The predicted molar refractivity (Wildman–Crippen MR) is 85.0 cm³/mol. The van der Waals surface area contributed by atoms with Crippen molar-refractivity contribution in [2.45, 2.75) is 66.5 Å². The third-order valence-corrected chi connectivity index (χ3v) is 4.53. The maximum Gasteiger partial charge on any atom is 0.315 e. The molecule has 3 amide bonds. The summed E-state index contributed by atoms with van der Waals surface area (Å²) in [7, 11) is 0. The molecule has 0 radical (unpaired) electrons. The number of urea groups is 1. The number of rotatable bonds is 4. The van der Waals surface area contributed by atoms with Gasteiger partial charge in [-0.1, -0.05) is 27.7 Å². The van der Waals surface area contributed by atoms with E-state index in [1.165, 1.54) is 0 Å². The Hall–Kier alpha value is -1.26. The number of amides is 3. The van der Waals surface area contributed by atoms with Crippen LogP contribution in [0.1, 0.15) is 54.4 Å². The molecule has 0 saturated carbocycles. The van der Waals surface area contributed by atoms with Gasteiger partial charge < -0.3 is 15.5 Å². The minimum Gasteiger partial charge on any atom is -0.342 e. The largest absolute Gasteiger partial charge is 0.342 e. The van der Waals surface area contributed by atoms with Crippen LogP contribution in [0.15, 0.2) is 0 Å². The molecule has 1 heterocycles. The monoisotopic (exact) mass is 297 g/mol. The lowest BCUT2D eigenvalue weighted by atomic mass is 9.79. The van der Waals surface area contributed by atoms with Crippen LogP contribution in [0.4, 0.5) is 4.79 Å². The molecule has 1 saturated heterocycles. The summed E-state index contributed by atoms with van der Waals surface area (Å²) >= 11 is 0. The lowest BCUT2D eigenvalue weighted by Gasteiger charge is -2.38. The summed E-state index contributed by atoms with van der Waals surface area (Å²) in [6, 6.07) is 0.186. The molecule has 0 aromatic heterocycles. The molecule has 0 aromatic carbocycles. The van der Waals surface area contributed by atoms with Crippen LogP contribution < -0.4 is 10.6 Å². The number of hydrogen-bond donors (Lipinski definition) is 2. The highest BCUT2D eigenvalue weighted by Gasteiger charge is 2.36. The van der Waals surface area contributed by atoms with Crippen molar-refractivity contribution < 1.29 is 9.59 Å². The molecule has 1 aliphatic heterocycles. The molecule has 122 valence electrons. The molecule has 5 heteroatoms. The molecule has 2 N–H and O–H groups in total. The third-order valence-electron chi connectivity index (χ3n) is 4.53. The first kappa shape index (κ1) is 17.8. The van der Waals surface area contributed by atoms with Crippen molar-refractivity contribution in [3.8, 4) is 0 Å². The highest BCUT2D eigenvalue weighted by atomic mass is 16.2. The van der Waals surface area contributed by atoms with Gasteiger partial charge in [0.05, 0.1) is 0 Å².